The molecular formula is C32H42N2. The third-order valence-corrected chi connectivity index (χ3v) is 6.26. The highest BCUT2D eigenvalue weighted by molar-refractivity contribution is 5.69. The molecule has 0 heterocycles. The van der Waals surface area contributed by atoms with Crippen LogP contribution in [0.1, 0.15) is 71.4 Å². The fraction of sp³-hybridized carbons (Fsp3) is 0.375. The number of benzene rings is 1. The average molecular weight is 455 g/mol. The van der Waals surface area contributed by atoms with Crippen molar-refractivity contribution >= 4 is 5.70 Å². The number of terminal acetylenes is 1. The lowest BCUT2D eigenvalue weighted by atomic mass is 9.86. The van der Waals surface area contributed by atoms with Crippen LogP contribution in [0.4, 0.5) is 0 Å². The van der Waals surface area contributed by atoms with Crippen molar-refractivity contribution in [3.05, 3.63) is 101 Å². The summed E-state index contributed by atoms with van der Waals surface area (Å²) in [5.41, 5.74) is 8.74. The number of allylic oxidation sites excluding steroid dienone is 6. The summed E-state index contributed by atoms with van der Waals surface area (Å²) >= 11 is 0. The van der Waals surface area contributed by atoms with E-state index in [1.165, 1.54) is 16.8 Å². The number of hydrogen-bond donors (Lipinski definition) is 2. The first-order valence-electron chi connectivity index (χ1n) is 12.3. The Balaban J connectivity index is 2.17. The van der Waals surface area contributed by atoms with Gasteiger partial charge in [-0.2, -0.15) is 0 Å². The van der Waals surface area contributed by atoms with Gasteiger partial charge in [-0.05, 0) is 62.2 Å². The zero-order valence-electron chi connectivity index (χ0n) is 22.0. The van der Waals surface area contributed by atoms with Gasteiger partial charge < -0.3 is 10.6 Å². The molecule has 180 valence electrons. The van der Waals surface area contributed by atoms with Crippen LogP contribution in [0.3, 0.4) is 0 Å². The van der Waals surface area contributed by atoms with Crippen LogP contribution >= 0.6 is 0 Å². The van der Waals surface area contributed by atoms with E-state index >= 15 is 0 Å². The van der Waals surface area contributed by atoms with Crippen LogP contribution < -0.4 is 10.6 Å². The monoisotopic (exact) mass is 454 g/mol. The fourth-order valence-corrected chi connectivity index (χ4v) is 3.79. The third-order valence-electron chi connectivity index (χ3n) is 6.26. The lowest BCUT2D eigenvalue weighted by Gasteiger charge is -2.28. The van der Waals surface area contributed by atoms with Gasteiger partial charge in [0.2, 0.25) is 0 Å². The van der Waals surface area contributed by atoms with Crippen molar-refractivity contribution < 1.29 is 0 Å². The van der Waals surface area contributed by atoms with E-state index in [0.717, 1.165) is 53.8 Å². The van der Waals surface area contributed by atoms with Crippen LogP contribution in [0.15, 0.2) is 89.8 Å². The van der Waals surface area contributed by atoms with Crippen molar-refractivity contribution in [1.29, 1.82) is 0 Å². The summed E-state index contributed by atoms with van der Waals surface area (Å²) < 4.78 is 0. The first kappa shape index (κ1) is 27.1. The van der Waals surface area contributed by atoms with Gasteiger partial charge in [0.05, 0.1) is 0 Å². The lowest BCUT2D eigenvalue weighted by molar-refractivity contribution is 0.512. The van der Waals surface area contributed by atoms with E-state index in [2.05, 4.69) is 113 Å². The SMILES string of the molecule is C#C/C(C)=C(\C=C/CC)C(=C)NC1=CCC(N/C(=C/C(=C)C(C)(C)C)c2ccccc2C)CC1. The molecule has 2 heteroatoms. The molecule has 0 bridgehead atoms. The Morgan fingerprint density at radius 2 is 1.94 bits per heavy atom. The zero-order valence-corrected chi connectivity index (χ0v) is 22.0. The minimum absolute atomic E-state index is 0.0213. The van der Waals surface area contributed by atoms with Crippen molar-refractivity contribution in [2.75, 3.05) is 0 Å². The van der Waals surface area contributed by atoms with E-state index in [1.54, 1.807) is 0 Å². The number of hydrogen-bond acceptors (Lipinski definition) is 2. The Bertz CT molecular complexity index is 1060. The van der Waals surface area contributed by atoms with Gasteiger partial charge in [-0.1, -0.05) is 89.3 Å². The maximum Gasteiger partial charge on any atom is 0.0421 e. The Hall–Kier alpha value is -3.18. The number of aryl methyl sites for hydroxylation is 1. The quantitative estimate of drug-likeness (QED) is 0.292. The maximum atomic E-state index is 5.65. The van der Waals surface area contributed by atoms with E-state index in [4.69, 9.17) is 6.42 Å². The molecule has 2 N–H and O–H groups in total. The molecule has 0 amide bonds. The molecule has 1 aromatic rings. The first-order chi connectivity index (χ1) is 16.1. The molecule has 0 saturated heterocycles. The largest absolute Gasteiger partial charge is 0.381 e. The Morgan fingerprint density at radius 1 is 1.24 bits per heavy atom. The minimum Gasteiger partial charge on any atom is -0.381 e. The molecular weight excluding hydrogens is 412 g/mol. The van der Waals surface area contributed by atoms with Gasteiger partial charge >= 0.3 is 0 Å². The third kappa shape index (κ3) is 7.70. The van der Waals surface area contributed by atoms with Crippen LogP contribution in [-0.2, 0) is 0 Å². The summed E-state index contributed by atoms with van der Waals surface area (Å²) in [6, 6.07) is 8.90. The summed E-state index contributed by atoms with van der Waals surface area (Å²) in [5.74, 6) is 2.75. The average Bonchev–Trinajstić information content (AvgIpc) is 2.79. The summed E-state index contributed by atoms with van der Waals surface area (Å²) in [5, 5.41) is 7.34. The smallest absolute Gasteiger partial charge is 0.0421 e. The van der Waals surface area contributed by atoms with Crippen LogP contribution in [0.5, 0.6) is 0 Å². The predicted octanol–water partition coefficient (Wildman–Crippen LogP) is 7.98. The van der Waals surface area contributed by atoms with Gasteiger partial charge in [-0.3, -0.25) is 0 Å². The van der Waals surface area contributed by atoms with Gasteiger partial charge in [0.1, 0.15) is 0 Å². The maximum absolute atomic E-state index is 5.65. The molecule has 0 spiro atoms. The second kappa shape index (κ2) is 12.3. The molecule has 0 aliphatic heterocycles. The molecule has 1 atom stereocenters. The fourth-order valence-electron chi connectivity index (χ4n) is 3.79. The highest BCUT2D eigenvalue weighted by Gasteiger charge is 2.19. The van der Waals surface area contributed by atoms with Gasteiger partial charge in [0.25, 0.3) is 0 Å². The van der Waals surface area contributed by atoms with Gasteiger partial charge in [0.15, 0.2) is 0 Å². The molecule has 1 aliphatic rings. The van der Waals surface area contributed by atoms with Gasteiger partial charge in [-0.15, -0.1) is 6.42 Å². The molecule has 34 heavy (non-hydrogen) atoms. The number of rotatable bonds is 9. The molecule has 2 nitrogen and oxygen atoms in total. The predicted molar refractivity (Wildman–Crippen MR) is 150 cm³/mol. The van der Waals surface area contributed by atoms with Crippen LogP contribution in [0.2, 0.25) is 0 Å². The van der Waals surface area contributed by atoms with Crippen molar-refractivity contribution in [3.8, 4) is 12.3 Å². The Kier molecular flexibility index (Phi) is 9.82. The number of nitrogens with one attached hydrogen (secondary N) is 2. The van der Waals surface area contributed by atoms with Gasteiger partial charge in [0, 0.05) is 39.8 Å². The van der Waals surface area contributed by atoms with Crippen LogP contribution in [0, 0.1) is 24.7 Å². The normalized spacial score (nSPS) is 17.5. The van der Waals surface area contributed by atoms with Crippen LogP contribution in [-0.4, -0.2) is 6.04 Å². The summed E-state index contributed by atoms with van der Waals surface area (Å²) in [7, 11) is 0. The lowest BCUT2D eigenvalue weighted by Crippen LogP contribution is -2.31. The zero-order chi connectivity index (χ0) is 25.3. The van der Waals surface area contributed by atoms with E-state index in [0.29, 0.717) is 6.04 Å². The van der Waals surface area contributed by atoms with Crippen LogP contribution in [0.25, 0.3) is 5.70 Å². The molecule has 1 aromatic carbocycles. The second-order valence-corrected chi connectivity index (χ2v) is 10.1. The molecule has 2 rings (SSSR count). The summed E-state index contributed by atoms with van der Waals surface area (Å²) in [6.45, 7) is 21.4. The molecule has 1 aliphatic carbocycles. The second-order valence-electron chi connectivity index (χ2n) is 10.1. The van der Waals surface area contributed by atoms with E-state index in [9.17, 15) is 0 Å². The molecule has 1 unspecified atom stereocenters. The summed E-state index contributed by atoms with van der Waals surface area (Å²) in [4.78, 5) is 0. The highest BCUT2D eigenvalue weighted by atomic mass is 14.9. The minimum atomic E-state index is 0.0213. The molecule has 0 saturated carbocycles. The van der Waals surface area contributed by atoms with Crippen molar-refractivity contribution in [3.63, 3.8) is 0 Å². The first-order valence-corrected chi connectivity index (χ1v) is 12.3. The Labute approximate surface area is 208 Å². The van der Waals surface area contributed by atoms with Crippen molar-refractivity contribution in [1.82, 2.24) is 10.6 Å². The van der Waals surface area contributed by atoms with E-state index in [-0.39, 0.29) is 5.41 Å². The van der Waals surface area contributed by atoms with E-state index < -0.39 is 0 Å². The highest BCUT2D eigenvalue weighted by Crippen LogP contribution is 2.29. The summed E-state index contributed by atoms with van der Waals surface area (Å²) in [6.07, 6.45) is 18.2. The van der Waals surface area contributed by atoms with Crippen molar-refractivity contribution in [2.45, 2.75) is 73.3 Å². The van der Waals surface area contributed by atoms with Gasteiger partial charge in [-0.25, -0.2) is 0 Å². The van der Waals surface area contributed by atoms with E-state index in [1.807, 2.05) is 6.92 Å². The van der Waals surface area contributed by atoms with Crippen molar-refractivity contribution in [2.24, 2.45) is 5.41 Å². The molecule has 0 aromatic heterocycles. The Morgan fingerprint density at radius 3 is 2.50 bits per heavy atom. The standard InChI is InChI=1S/C32H42N2/c1-10-12-16-29(23(3)11-2)26(6)33-27-18-20-28(21-19-27)34-31(22-25(5)32(7,8)9)30-17-14-13-15-24(30)4/h2,12-18,22,28,33-34H,5-6,10,19-21H2,1,3-4,7-9H3/b16-12-,29-23+,31-22+. The molecule has 0 radical (unpaired) electrons. The molecule has 0 fully saturated rings. The topological polar surface area (TPSA) is 24.1 Å².